The average Bonchev–Trinajstić information content (AvgIpc) is 2.58. The summed E-state index contributed by atoms with van der Waals surface area (Å²) in [5.41, 5.74) is 1.70. The van der Waals surface area contributed by atoms with Gasteiger partial charge in [0, 0.05) is 11.6 Å². The van der Waals surface area contributed by atoms with Crippen LogP contribution in [0, 0.1) is 0 Å². The molecule has 0 fully saturated rings. The number of carboxylic acid groups (broad SMARTS) is 1. The quantitative estimate of drug-likeness (QED) is 0.830. The first-order valence-corrected chi connectivity index (χ1v) is 7.58. The van der Waals surface area contributed by atoms with Crippen LogP contribution < -0.4 is 5.32 Å². The maximum absolute atomic E-state index is 11.6. The fourth-order valence-corrected chi connectivity index (χ4v) is 2.14. The van der Waals surface area contributed by atoms with E-state index < -0.39 is 12.1 Å². The van der Waals surface area contributed by atoms with Crippen molar-refractivity contribution in [3.05, 3.63) is 76.3 Å². The molecule has 6 heteroatoms. The molecule has 2 aromatic rings. The largest absolute Gasteiger partial charge is 0.478 e. The van der Waals surface area contributed by atoms with Crippen LogP contribution >= 0.6 is 11.6 Å². The Labute approximate surface area is 144 Å². The molecule has 0 atom stereocenters. The molecule has 0 aromatic heterocycles. The number of carbonyl (C=O) groups is 2. The number of benzene rings is 2. The summed E-state index contributed by atoms with van der Waals surface area (Å²) >= 11 is 6.01. The highest BCUT2D eigenvalue weighted by molar-refractivity contribution is 6.32. The van der Waals surface area contributed by atoms with Crippen molar-refractivity contribution in [2.75, 3.05) is 6.54 Å². The van der Waals surface area contributed by atoms with E-state index in [0.29, 0.717) is 10.6 Å². The number of ether oxygens (including phenoxy) is 1. The van der Waals surface area contributed by atoms with Gasteiger partial charge in [-0.2, -0.15) is 0 Å². The summed E-state index contributed by atoms with van der Waals surface area (Å²) in [6.07, 6.45) is 2.88. The Bertz CT molecular complexity index is 744. The van der Waals surface area contributed by atoms with E-state index in [4.69, 9.17) is 21.4 Å². The predicted octanol–water partition coefficient (Wildman–Crippen LogP) is 3.98. The summed E-state index contributed by atoms with van der Waals surface area (Å²) in [5.74, 6) is -1.03. The minimum Gasteiger partial charge on any atom is -0.478 e. The van der Waals surface area contributed by atoms with Gasteiger partial charge in [0.05, 0.1) is 5.56 Å². The van der Waals surface area contributed by atoms with Crippen LogP contribution in [0.3, 0.4) is 0 Å². The molecule has 1 amide bonds. The highest BCUT2D eigenvalue weighted by Gasteiger charge is 2.05. The second kappa shape index (κ2) is 8.74. The fraction of sp³-hybridized carbons (Fsp3) is 0.111. The lowest BCUT2D eigenvalue weighted by Gasteiger charge is -2.05. The number of alkyl carbamates (subject to hydrolysis) is 1. The van der Waals surface area contributed by atoms with Crippen LogP contribution in [0.5, 0.6) is 0 Å². The van der Waals surface area contributed by atoms with Crippen LogP contribution in [-0.2, 0) is 11.3 Å². The number of amides is 1. The highest BCUT2D eigenvalue weighted by Crippen LogP contribution is 2.19. The molecule has 0 aliphatic rings. The van der Waals surface area contributed by atoms with E-state index >= 15 is 0 Å². The third-order valence-electron chi connectivity index (χ3n) is 3.12. The molecular formula is C18H16ClNO4. The molecule has 2 N–H and O–H groups in total. The van der Waals surface area contributed by atoms with Crippen molar-refractivity contribution >= 4 is 29.7 Å². The van der Waals surface area contributed by atoms with Gasteiger partial charge in [-0.3, -0.25) is 0 Å². The van der Waals surface area contributed by atoms with Crippen molar-refractivity contribution in [3.8, 4) is 0 Å². The maximum atomic E-state index is 11.6. The third kappa shape index (κ3) is 5.44. The minimum absolute atomic E-state index is 0.125. The monoisotopic (exact) mass is 345 g/mol. The molecule has 0 bridgehead atoms. The van der Waals surface area contributed by atoms with E-state index in [2.05, 4.69) is 5.32 Å². The van der Waals surface area contributed by atoms with Gasteiger partial charge in [0.1, 0.15) is 6.61 Å². The van der Waals surface area contributed by atoms with E-state index in [-0.39, 0.29) is 18.7 Å². The normalized spacial score (nSPS) is 10.5. The third-order valence-corrected chi connectivity index (χ3v) is 3.45. The molecule has 2 rings (SSSR count). The standard InChI is InChI=1S/C18H16ClNO4/c19-16-11-15(17(21)22)9-8-14(16)7-4-10-20-18(23)24-12-13-5-2-1-3-6-13/h1-9,11H,10,12H2,(H,20,23)(H,21,22). The van der Waals surface area contributed by atoms with Gasteiger partial charge in [0.15, 0.2) is 0 Å². The number of rotatable bonds is 6. The Kier molecular flexibility index (Phi) is 6.40. The Balaban J connectivity index is 1.78. The molecule has 24 heavy (non-hydrogen) atoms. The number of halogens is 1. The van der Waals surface area contributed by atoms with Gasteiger partial charge in [-0.1, -0.05) is 60.2 Å². The predicted molar refractivity (Wildman–Crippen MR) is 92.1 cm³/mol. The number of hydrogen-bond acceptors (Lipinski definition) is 3. The lowest BCUT2D eigenvalue weighted by molar-refractivity contribution is 0.0697. The van der Waals surface area contributed by atoms with Crippen molar-refractivity contribution in [1.82, 2.24) is 5.32 Å². The van der Waals surface area contributed by atoms with Crippen molar-refractivity contribution < 1.29 is 19.4 Å². The van der Waals surface area contributed by atoms with Crippen LogP contribution in [0.2, 0.25) is 5.02 Å². The molecule has 0 saturated heterocycles. The van der Waals surface area contributed by atoms with Gasteiger partial charge < -0.3 is 15.2 Å². The Morgan fingerprint density at radius 1 is 1.17 bits per heavy atom. The molecule has 0 saturated carbocycles. The number of hydrogen-bond donors (Lipinski definition) is 2. The van der Waals surface area contributed by atoms with E-state index in [1.807, 2.05) is 30.3 Å². The van der Waals surface area contributed by atoms with Crippen LogP contribution in [0.1, 0.15) is 21.5 Å². The van der Waals surface area contributed by atoms with E-state index in [1.165, 1.54) is 12.1 Å². The second-order valence-electron chi connectivity index (χ2n) is 4.89. The minimum atomic E-state index is -1.03. The number of carbonyl (C=O) groups excluding carboxylic acids is 1. The van der Waals surface area contributed by atoms with Crippen molar-refractivity contribution in [2.24, 2.45) is 0 Å². The first-order chi connectivity index (χ1) is 11.6. The topological polar surface area (TPSA) is 75.6 Å². The van der Waals surface area contributed by atoms with Gasteiger partial charge in [-0.25, -0.2) is 9.59 Å². The molecule has 124 valence electrons. The maximum Gasteiger partial charge on any atom is 0.407 e. The average molecular weight is 346 g/mol. The van der Waals surface area contributed by atoms with E-state index in [9.17, 15) is 9.59 Å². The lowest BCUT2D eigenvalue weighted by atomic mass is 10.1. The molecule has 2 aromatic carbocycles. The molecule has 0 heterocycles. The first kappa shape index (κ1) is 17.6. The number of aromatic carboxylic acids is 1. The highest BCUT2D eigenvalue weighted by atomic mass is 35.5. The SMILES string of the molecule is O=C(NCC=Cc1ccc(C(=O)O)cc1Cl)OCc1ccccc1. The van der Waals surface area contributed by atoms with Crippen molar-refractivity contribution in [2.45, 2.75) is 6.61 Å². The molecule has 5 nitrogen and oxygen atoms in total. The van der Waals surface area contributed by atoms with Crippen LogP contribution in [-0.4, -0.2) is 23.7 Å². The van der Waals surface area contributed by atoms with Gasteiger partial charge in [-0.05, 0) is 23.3 Å². The summed E-state index contributed by atoms with van der Waals surface area (Å²) in [5, 5.41) is 11.8. The summed E-state index contributed by atoms with van der Waals surface area (Å²) in [4.78, 5) is 22.4. The fourth-order valence-electron chi connectivity index (χ4n) is 1.90. The second-order valence-corrected chi connectivity index (χ2v) is 5.29. The van der Waals surface area contributed by atoms with Crippen molar-refractivity contribution in [1.29, 1.82) is 0 Å². The summed E-state index contributed by atoms with van der Waals surface area (Å²) in [7, 11) is 0. The van der Waals surface area contributed by atoms with Crippen LogP contribution in [0.4, 0.5) is 4.79 Å². The van der Waals surface area contributed by atoms with E-state index in [0.717, 1.165) is 5.56 Å². The molecule has 0 unspecified atom stereocenters. The van der Waals surface area contributed by atoms with Crippen LogP contribution in [0.25, 0.3) is 6.08 Å². The summed E-state index contributed by atoms with van der Waals surface area (Å²) < 4.78 is 5.07. The van der Waals surface area contributed by atoms with Gasteiger partial charge in [0.25, 0.3) is 0 Å². The molecule has 0 spiro atoms. The Hall–Kier alpha value is -2.79. The number of nitrogens with one attached hydrogen (secondary N) is 1. The summed E-state index contributed by atoms with van der Waals surface area (Å²) in [6.45, 7) is 0.476. The van der Waals surface area contributed by atoms with Gasteiger partial charge in [0.2, 0.25) is 0 Å². The zero-order valence-corrected chi connectivity index (χ0v) is 13.5. The molecule has 0 aliphatic heterocycles. The smallest absolute Gasteiger partial charge is 0.407 e. The zero-order valence-electron chi connectivity index (χ0n) is 12.7. The summed E-state index contributed by atoms with van der Waals surface area (Å²) in [6, 6.07) is 13.8. The molecular weight excluding hydrogens is 330 g/mol. The molecule has 0 aliphatic carbocycles. The first-order valence-electron chi connectivity index (χ1n) is 7.20. The Morgan fingerprint density at radius 2 is 1.92 bits per heavy atom. The lowest BCUT2D eigenvalue weighted by Crippen LogP contribution is -2.24. The zero-order chi connectivity index (χ0) is 17.4. The van der Waals surface area contributed by atoms with Gasteiger partial charge in [-0.15, -0.1) is 0 Å². The Morgan fingerprint density at radius 3 is 2.58 bits per heavy atom. The number of carboxylic acids is 1. The van der Waals surface area contributed by atoms with Crippen molar-refractivity contribution in [3.63, 3.8) is 0 Å². The molecule has 0 radical (unpaired) electrons. The van der Waals surface area contributed by atoms with Crippen LogP contribution in [0.15, 0.2) is 54.6 Å². The van der Waals surface area contributed by atoms with Gasteiger partial charge >= 0.3 is 12.1 Å². The van der Waals surface area contributed by atoms with E-state index in [1.54, 1.807) is 18.2 Å².